The Balaban J connectivity index is 2.53. The lowest BCUT2D eigenvalue weighted by Crippen LogP contribution is -2.04. The number of halogens is 5. The molecule has 0 aliphatic heterocycles. The van der Waals surface area contributed by atoms with Crippen molar-refractivity contribution in [2.75, 3.05) is 0 Å². The van der Waals surface area contributed by atoms with Crippen LogP contribution >= 0.6 is 11.6 Å². The van der Waals surface area contributed by atoms with Crippen molar-refractivity contribution in [2.24, 2.45) is 0 Å². The second-order valence-corrected chi connectivity index (χ2v) is 4.11. The molecular weight excluding hydrogens is 268 g/mol. The maximum absolute atomic E-state index is 12.8. The van der Waals surface area contributed by atoms with Gasteiger partial charge in [0, 0.05) is 10.6 Å². The van der Waals surface area contributed by atoms with E-state index < -0.39 is 17.6 Å². The lowest BCUT2D eigenvalue weighted by Gasteiger charge is -2.10. The fourth-order valence-corrected chi connectivity index (χ4v) is 1.78. The molecule has 0 nitrogen and oxygen atoms in total. The van der Waals surface area contributed by atoms with Gasteiger partial charge in [-0.25, -0.2) is 4.39 Å². The first-order chi connectivity index (χ1) is 8.38. The van der Waals surface area contributed by atoms with Crippen LogP contribution in [0.1, 0.15) is 5.56 Å². The van der Waals surface area contributed by atoms with Gasteiger partial charge < -0.3 is 0 Å². The van der Waals surface area contributed by atoms with E-state index in [1.807, 2.05) is 0 Å². The van der Waals surface area contributed by atoms with Crippen molar-refractivity contribution in [3.63, 3.8) is 0 Å². The van der Waals surface area contributed by atoms with Gasteiger partial charge in [0.2, 0.25) is 0 Å². The average molecular weight is 275 g/mol. The van der Waals surface area contributed by atoms with Crippen LogP contribution in [0.3, 0.4) is 0 Å². The second kappa shape index (κ2) is 4.61. The van der Waals surface area contributed by atoms with E-state index in [1.54, 1.807) is 0 Å². The standard InChI is InChI=1S/C13H7ClF4/c14-12-6-3-9(13(16,17)18)7-11(12)8-1-4-10(15)5-2-8/h1-7H. The van der Waals surface area contributed by atoms with Gasteiger partial charge in [0.1, 0.15) is 5.82 Å². The summed E-state index contributed by atoms with van der Waals surface area (Å²) < 4.78 is 50.5. The van der Waals surface area contributed by atoms with Crippen LogP contribution in [0.5, 0.6) is 0 Å². The van der Waals surface area contributed by atoms with E-state index in [9.17, 15) is 17.6 Å². The molecule has 2 aromatic carbocycles. The summed E-state index contributed by atoms with van der Waals surface area (Å²) in [6, 6.07) is 8.17. The van der Waals surface area contributed by atoms with Crippen LogP contribution < -0.4 is 0 Å². The van der Waals surface area contributed by atoms with E-state index in [-0.39, 0.29) is 10.6 Å². The number of alkyl halides is 3. The molecule has 2 aromatic rings. The van der Waals surface area contributed by atoms with Gasteiger partial charge in [-0.05, 0) is 35.9 Å². The van der Waals surface area contributed by atoms with Crippen molar-refractivity contribution < 1.29 is 17.6 Å². The third-order valence-corrected chi connectivity index (χ3v) is 2.78. The van der Waals surface area contributed by atoms with Gasteiger partial charge >= 0.3 is 6.18 Å². The van der Waals surface area contributed by atoms with Crippen LogP contribution in [0.2, 0.25) is 5.02 Å². The quantitative estimate of drug-likeness (QED) is 0.630. The van der Waals surface area contributed by atoms with E-state index >= 15 is 0 Å². The van der Waals surface area contributed by atoms with Crippen LogP contribution in [0, 0.1) is 5.82 Å². The number of hydrogen-bond acceptors (Lipinski definition) is 0. The van der Waals surface area contributed by atoms with Crippen LogP contribution in [0.15, 0.2) is 42.5 Å². The van der Waals surface area contributed by atoms with Gasteiger partial charge in [0.25, 0.3) is 0 Å². The van der Waals surface area contributed by atoms with E-state index in [2.05, 4.69) is 0 Å². The van der Waals surface area contributed by atoms with Gasteiger partial charge in [0.15, 0.2) is 0 Å². The molecule has 94 valence electrons. The molecule has 0 aliphatic carbocycles. The van der Waals surface area contributed by atoms with Crippen molar-refractivity contribution in [2.45, 2.75) is 6.18 Å². The van der Waals surface area contributed by atoms with E-state index in [0.717, 1.165) is 12.1 Å². The molecule has 0 fully saturated rings. The minimum atomic E-state index is -4.43. The average Bonchev–Trinajstić information content (AvgIpc) is 2.29. The summed E-state index contributed by atoms with van der Waals surface area (Å²) in [4.78, 5) is 0. The summed E-state index contributed by atoms with van der Waals surface area (Å²) in [6.45, 7) is 0. The van der Waals surface area contributed by atoms with Crippen molar-refractivity contribution in [3.8, 4) is 11.1 Å². The van der Waals surface area contributed by atoms with Gasteiger partial charge in [-0.2, -0.15) is 13.2 Å². The highest BCUT2D eigenvalue weighted by molar-refractivity contribution is 6.33. The predicted octanol–water partition coefficient (Wildman–Crippen LogP) is 5.16. The summed E-state index contributed by atoms with van der Waals surface area (Å²) in [5.41, 5.74) is -0.120. The fraction of sp³-hybridized carbons (Fsp3) is 0.0769. The Morgan fingerprint density at radius 2 is 1.50 bits per heavy atom. The summed E-state index contributed by atoms with van der Waals surface area (Å²) >= 11 is 5.86. The minimum absolute atomic E-state index is 0.189. The molecule has 18 heavy (non-hydrogen) atoms. The Hall–Kier alpha value is -1.55. The van der Waals surface area contributed by atoms with E-state index in [1.165, 1.54) is 30.3 Å². The highest BCUT2D eigenvalue weighted by Crippen LogP contribution is 2.35. The van der Waals surface area contributed by atoms with Gasteiger partial charge in [-0.1, -0.05) is 23.7 Å². The number of hydrogen-bond donors (Lipinski definition) is 0. The fourth-order valence-electron chi connectivity index (χ4n) is 1.55. The Bertz CT molecular complexity index is 558. The molecular formula is C13H7ClF4. The third-order valence-electron chi connectivity index (χ3n) is 2.45. The van der Waals surface area contributed by atoms with Crippen LogP contribution in [-0.2, 0) is 6.18 Å². The van der Waals surface area contributed by atoms with Crippen molar-refractivity contribution in [3.05, 3.63) is 58.9 Å². The Kier molecular flexibility index (Phi) is 3.30. The normalized spacial score (nSPS) is 11.6. The van der Waals surface area contributed by atoms with Crippen molar-refractivity contribution in [1.29, 1.82) is 0 Å². The minimum Gasteiger partial charge on any atom is -0.207 e. The lowest BCUT2D eigenvalue weighted by molar-refractivity contribution is -0.137. The van der Waals surface area contributed by atoms with Crippen LogP contribution in [-0.4, -0.2) is 0 Å². The highest BCUT2D eigenvalue weighted by atomic mass is 35.5. The van der Waals surface area contributed by atoms with Crippen LogP contribution in [0.4, 0.5) is 17.6 Å². The molecule has 0 aliphatic rings. The Morgan fingerprint density at radius 1 is 0.889 bits per heavy atom. The molecule has 0 unspecified atom stereocenters. The maximum Gasteiger partial charge on any atom is 0.416 e. The van der Waals surface area contributed by atoms with Gasteiger partial charge in [0.05, 0.1) is 5.56 Å². The zero-order chi connectivity index (χ0) is 13.3. The first kappa shape index (κ1) is 12.9. The van der Waals surface area contributed by atoms with E-state index in [0.29, 0.717) is 5.56 Å². The zero-order valence-corrected chi connectivity index (χ0v) is 9.69. The zero-order valence-electron chi connectivity index (χ0n) is 8.93. The predicted molar refractivity (Wildman–Crippen MR) is 61.8 cm³/mol. The van der Waals surface area contributed by atoms with E-state index in [4.69, 9.17) is 11.6 Å². The Morgan fingerprint density at radius 3 is 2.06 bits per heavy atom. The molecule has 0 saturated heterocycles. The summed E-state index contributed by atoms with van der Waals surface area (Å²) in [7, 11) is 0. The smallest absolute Gasteiger partial charge is 0.207 e. The van der Waals surface area contributed by atoms with Crippen molar-refractivity contribution in [1.82, 2.24) is 0 Å². The first-order valence-electron chi connectivity index (χ1n) is 5.00. The Labute approximate surface area is 106 Å². The SMILES string of the molecule is Fc1ccc(-c2cc(C(F)(F)F)ccc2Cl)cc1. The van der Waals surface area contributed by atoms with Crippen molar-refractivity contribution >= 4 is 11.6 Å². The molecule has 5 heteroatoms. The molecule has 0 atom stereocenters. The monoisotopic (exact) mass is 274 g/mol. The van der Waals surface area contributed by atoms with Crippen LogP contribution in [0.25, 0.3) is 11.1 Å². The summed E-state index contributed by atoms with van der Waals surface area (Å²) in [6.07, 6.45) is -4.43. The molecule has 0 amide bonds. The summed E-state index contributed by atoms with van der Waals surface area (Å²) in [5.74, 6) is -0.457. The third kappa shape index (κ3) is 2.64. The molecule has 0 bridgehead atoms. The molecule has 0 N–H and O–H groups in total. The number of rotatable bonds is 1. The summed E-state index contributed by atoms with van der Waals surface area (Å²) in [5, 5.41) is 0.189. The first-order valence-corrected chi connectivity index (χ1v) is 5.38. The lowest BCUT2D eigenvalue weighted by atomic mass is 10.0. The highest BCUT2D eigenvalue weighted by Gasteiger charge is 2.31. The number of benzene rings is 2. The molecule has 0 saturated carbocycles. The van der Waals surface area contributed by atoms with Gasteiger partial charge in [-0.3, -0.25) is 0 Å². The molecule has 2 rings (SSSR count). The molecule has 0 heterocycles. The molecule has 0 aromatic heterocycles. The second-order valence-electron chi connectivity index (χ2n) is 3.70. The topological polar surface area (TPSA) is 0 Å². The van der Waals surface area contributed by atoms with Gasteiger partial charge in [-0.15, -0.1) is 0 Å². The largest absolute Gasteiger partial charge is 0.416 e. The molecule has 0 spiro atoms. The maximum atomic E-state index is 12.8. The molecule has 0 radical (unpaired) electrons.